The Bertz CT molecular complexity index is 1140. The molecule has 3 aromatic rings. The highest BCUT2D eigenvalue weighted by molar-refractivity contribution is 7.99. The Morgan fingerprint density at radius 2 is 1.25 bits per heavy atom. The number of benzene rings is 3. The summed E-state index contributed by atoms with van der Waals surface area (Å²) >= 11 is 0.970. The number of hydrogen-bond donors (Lipinski definition) is 2. The van der Waals surface area contributed by atoms with E-state index in [0.717, 1.165) is 11.8 Å². The van der Waals surface area contributed by atoms with Crippen molar-refractivity contribution in [2.24, 2.45) is 5.92 Å². The van der Waals surface area contributed by atoms with Crippen molar-refractivity contribution in [2.45, 2.75) is 46.4 Å². The smallest absolute Gasteiger partial charge is 0.358 e. The van der Waals surface area contributed by atoms with Crippen molar-refractivity contribution < 1.29 is 41.3 Å². The Kier molecular flexibility index (Phi) is 7.18. The Hall–Kier alpha value is -2.53. The fourth-order valence-electron chi connectivity index (χ4n) is 4.56. The van der Waals surface area contributed by atoms with Gasteiger partial charge in [0.25, 0.3) is 11.6 Å². The van der Waals surface area contributed by atoms with Crippen LogP contribution < -0.4 is 0 Å². The number of alkyl halides is 6. The van der Waals surface area contributed by atoms with Gasteiger partial charge in [-0.1, -0.05) is 78.9 Å². The molecule has 1 saturated heterocycles. The summed E-state index contributed by atoms with van der Waals surface area (Å²) in [6.07, 6.45) is -12.5. The first-order valence-electron chi connectivity index (χ1n) is 11.0. The molecule has 192 valence electrons. The molecule has 3 nitrogen and oxygen atoms in total. The fraction of sp³-hybridized carbons (Fsp3) is 0.308. The number of rotatable bonds is 5. The lowest BCUT2D eigenvalue weighted by atomic mass is 9.70. The van der Waals surface area contributed by atoms with Crippen molar-refractivity contribution >= 4 is 11.8 Å². The maximum atomic E-state index is 14.5. The molecule has 0 radical (unpaired) electrons. The third-order valence-electron chi connectivity index (χ3n) is 6.24. The molecule has 0 bridgehead atoms. The molecular weight excluding hydrogens is 506 g/mol. The van der Waals surface area contributed by atoms with E-state index in [1.165, 1.54) is 24.3 Å². The van der Waals surface area contributed by atoms with Crippen LogP contribution in [0.2, 0.25) is 0 Å². The molecule has 0 unspecified atom stereocenters. The second kappa shape index (κ2) is 9.74. The van der Waals surface area contributed by atoms with E-state index in [1.807, 2.05) is 0 Å². The molecule has 0 saturated carbocycles. The number of ether oxygens (including phenoxy) is 1. The lowest BCUT2D eigenvalue weighted by molar-refractivity contribution is -0.501. The maximum absolute atomic E-state index is 14.5. The lowest BCUT2D eigenvalue weighted by Crippen LogP contribution is -2.68. The van der Waals surface area contributed by atoms with Crippen LogP contribution in [0, 0.1) is 5.92 Å². The number of thioether (sulfide) groups is 1. The van der Waals surface area contributed by atoms with Gasteiger partial charge in [0.1, 0.15) is 0 Å². The van der Waals surface area contributed by atoms with Crippen LogP contribution in [0.15, 0.2) is 95.9 Å². The number of hydrogen-bond acceptors (Lipinski definition) is 4. The van der Waals surface area contributed by atoms with Gasteiger partial charge >= 0.3 is 12.4 Å². The fourth-order valence-corrected chi connectivity index (χ4v) is 5.99. The zero-order valence-electron chi connectivity index (χ0n) is 18.6. The van der Waals surface area contributed by atoms with Crippen LogP contribution in [0.4, 0.5) is 26.3 Å². The van der Waals surface area contributed by atoms with Crippen molar-refractivity contribution in [3.05, 3.63) is 102 Å². The zero-order valence-corrected chi connectivity index (χ0v) is 19.4. The SMILES string of the molecule is O[C@]1(C(F)(F)F)O[C@](O)(C(F)(F)F)C[C@H](c2ccccc2)[C@H]1[C@H](Sc1ccccc1)c1ccccc1. The Labute approximate surface area is 207 Å². The van der Waals surface area contributed by atoms with E-state index in [0.29, 0.717) is 10.5 Å². The molecular formula is C26H22F6O3S. The largest absolute Gasteiger partial charge is 0.443 e. The summed E-state index contributed by atoms with van der Waals surface area (Å²) in [5, 5.41) is 20.3. The Morgan fingerprint density at radius 1 is 0.750 bits per heavy atom. The minimum Gasteiger partial charge on any atom is -0.358 e. The van der Waals surface area contributed by atoms with Gasteiger partial charge in [0.05, 0.1) is 0 Å². The normalized spacial score (nSPS) is 28.0. The summed E-state index contributed by atoms with van der Waals surface area (Å²) in [7, 11) is 0. The van der Waals surface area contributed by atoms with Crippen LogP contribution in [0.5, 0.6) is 0 Å². The van der Waals surface area contributed by atoms with Crippen molar-refractivity contribution in [3.8, 4) is 0 Å². The summed E-state index contributed by atoms with van der Waals surface area (Å²) < 4.78 is 89.6. The molecule has 10 heteroatoms. The van der Waals surface area contributed by atoms with E-state index in [-0.39, 0.29) is 5.56 Å². The van der Waals surface area contributed by atoms with Gasteiger partial charge in [-0.05, 0) is 29.2 Å². The van der Waals surface area contributed by atoms with Crippen LogP contribution >= 0.6 is 11.8 Å². The summed E-state index contributed by atoms with van der Waals surface area (Å²) in [6.45, 7) is 0. The first-order chi connectivity index (χ1) is 16.9. The Balaban J connectivity index is 1.96. The first-order valence-corrected chi connectivity index (χ1v) is 11.8. The van der Waals surface area contributed by atoms with E-state index >= 15 is 0 Å². The van der Waals surface area contributed by atoms with Crippen molar-refractivity contribution in [1.29, 1.82) is 0 Å². The van der Waals surface area contributed by atoms with E-state index in [9.17, 15) is 36.6 Å². The second-order valence-electron chi connectivity index (χ2n) is 8.59. The minimum absolute atomic E-state index is 0.103. The summed E-state index contributed by atoms with van der Waals surface area (Å²) in [6, 6.07) is 23.6. The topological polar surface area (TPSA) is 49.7 Å². The molecule has 5 atom stereocenters. The summed E-state index contributed by atoms with van der Waals surface area (Å²) in [4.78, 5) is 0.541. The van der Waals surface area contributed by atoms with Gasteiger partial charge in [0.15, 0.2) is 0 Å². The molecule has 0 spiro atoms. The van der Waals surface area contributed by atoms with E-state index < -0.39 is 47.4 Å². The van der Waals surface area contributed by atoms with Gasteiger partial charge in [-0.15, -0.1) is 11.8 Å². The van der Waals surface area contributed by atoms with Gasteiger partial charge in [-0.25, -0.2) is 0 Å². The average molecular weight is 529 g/mol. The van der Waals surface area contributed by atoms with Crippen LogP contribution in [0.3, 0.4) is 0 Å². The van der Waals surface area contributed by atoms with Crippen LogP contribution in [0.25, 0.3) is 0 Å². The number of halogens is 6. The van der Waals surface area contributed by atoms with Gasteiger partial charge in [-0.2, -0.15) is 26.3 Å². The monoisotopic (exact) mass is 528 g/mol. The van der Waals surface area contributed by atoms with Crippen LogP contribution in [-0.4, -0.2) is 34.1 Å². The molecule has 2 N–H and O–H groups in total. The summed E-state index contributed by atoms with van der Waals surface area (Å²) in [5.74, 6) is -12.1. The van der Waals surface area contributed by atoms with Crippen LogP contribution in [0.1, 0.15) is 28.7 Å². The molecule has 1 aliphatic heterocycles. The second-order valence-corrected chi connectivity index (χ2v) is 9.80. The van der Waals surface area contributed by atoms with Gasteiger partial charge in [0, 0.05) is 22.5 Å². The molecule has 4 rings (SSSR count). The predicted molar refractivity (Wildman–Crippen MR) is 122 cm³/mol. The molecule has 0 amide bonds. The molecule has 36 heavy (non-hydrogen) atoms. The molecule has 1 heterocycles. The average Bonchev–Trinajstić information content (AvgIpc) is 2.83. The highest BCUT2D eigenvalue weighted by Crippen LogP contribution is 2.62. The lowest BCUT2D eigenvalue weighted by Gasteiger charge is -2.53. The highest BCUT2D eigenvalue weighted by atomic mass is 32.2. The molecule has 1 fully saturated rings. The van der Waals surface area contributed by atoms with E-state index in [2.05, 4.69) is 4.74 Å². The van der Waals surface area contributed by atoms with Gasteiger partial charge < -0.3 is 14.9 Å². The van der Waals surface area contributed by atoms with Gasteiger partial charge in [0.2, 0.25) is 0 Å². The highest BCUT2D eigenvalue weighted by Gasteiger charge is 2.74. The Morgan fingerprint density at radius 3 is 1.75 bits per heavy atom. The molecule has 3 aromatic carbocycles. The van der Waals surface area contributed by atoms with Crippen molar-refractivity contribution in [2.75, 3.05) is 0 Å². The quantitative estimate of drug-likeness (QED) is 0.281. The number of aliphatic hydroxyl groups is 2. The van der Waals surface area contributed by atoms with Gasteiger partial charge in [-0.3, -0.25) is 0 Å². The van der Waals surface area contributed by atoms with Crippen LogP contribution in [-0.2, 0) is 4.74 Å². The first kappa shape index (κ1) is 26.5. The van der Waals surface area contributed by atoms with Crippen molar-refractivity contribution in [1.82, 2.24) is 0 Å². The molecule has 0 aliphatic carbocycles. The maximum Gasteiger partial charge on any atom is 0.443 e. The molecule has 0 aromatic heterocycles. The standard InChI is InChI=1S/C26H22F6O3S/c27-25(28,29)23(33)16-20(17-10-4-1-5-11-17)21(24(34,35-23)26(30,31)32)22(18-12-6-2-7-13-18)36-19-14-8-3-9-15-19/h1-15,20-22,33-34H,16H2/t20-,21+,22-,23+,24+/m1/s1. The van der Waals surface area contributed by atoms with E-state index in [1.54, 1.807) is 66.7 Å². The van der Waals surface area contributed by atoms with Crippen molar-refractivity contribution in [3.63, 3.8) is 0 Å². The minimum atomic E-state index is -5.67. The third-order valence-corrected chi connectivity index (χ3v) is 7.61. The zero-order chi connectivity index (χ0) is 26.2. The van der Waals surface area contributed by atoms with E-state index in [4.69, 9.17) is 0 Å². The summed E-state index contributed by atoms with van der Waals surface area (Å²) in [5.41, 5.74) is 0.451. The molecule has 1 aliphatic rings. The predicted octanol–water partition coefficient (Wildman–Crippen LogP) is 6.84. The third kappa shape index (κ3) is 5.00.